The molecule has 0 saturated carbocycles. The molecule has 0 aromatic heterocycles. The van der Waals surface area contributed by atoms with Gasteiger partial charge in [0.15, 0.2) is 0 Å². The Kier molecular flexibility index (Phi) is 5.81. The molecule has 0 spiro atoms. The predicted octanol–water partition coefficient (Wildman–Crippen LogP) is 3.52. The zero-order valence-corrected chi connectivity index (χ0v) is 17.8. The molecule has 6 nitrogen and oxygen atoms in total. The van der Waals surface area contributed by atoms with Gasteiger partial charge in [0.1, 0.15) is 17.2 Å². The van der Waals surface area contributed by atoms with Gasteiger partial charge in [-0.25, -0.2) is 13.7 Å². The molecule has 2 saturated heterocycles. The minimum Gasteiger partial charge on any atom is -0.465 e. The molecule has 4 atom stereocenters. The molecule has 2 aromatic carbocycles. The number of esters is 1. The smallest absolute Gasteiger partial charge is 0.327 e. The Hall–Kier alpha value is -3.13. The van der Waals surface area contributed by atoms with Gasteiger partial charge in [-0.3, -0.25) is 19.7 Å². The van der Waals surface area contributed by atoms with Gasteiger partial charge < -0.3 is 4.74 Å². The molecule has 1 N–H and O–H groups in total. The van der Waals surface area contributed by atoms with E-state index in [1.54, 1.807) is 13.0 Å². The molecule has 0 unspecified atom stereocenters. The first kappa shape index (κ1) is 22.1. The third-order valence-electron chi connectivity index (χ3n) is 6.26. The number of benzene rings is 2. The molecular formula is C24H24F2N2O4. The molecule has 0 aliphatic carbocycles. The first-order chi connectivity index (χ1) is 15.4. The molecule has 0 radical (unpaired) electrons. The predicted molar refractivity (Wildman–Crippen MR) is 112 cm³/mol. The van der Waals surface area contributed by atoms with Gasteiger partial charge in [0, 0.05) is 11.6 Å². The number of carbonyl (C=O) groups excluding carboxylic acids is 3. The standard InChI is InChI=1S/C24H24F2N2O4/c1-3-13-24(23(31)32-4-2)19-18(20(27-24)16-7-5-6-8-17(16)26)21(29)28(22(19)30)15-11-9-14(25)10-12-15/h5-12,18-20,27H,3-4,13H2,1-2H3/t18-,19-,20-,24-/m0/s1. The Morgan fingerprint density at radius 2 is 1.75 bits per heavy atom. The largest absolute Gasteiger partial charge is 0.465 e. The second-order valence-corrected chi connectivity index (χ2v) is 8.08. The zero-order valence-electron chi connectivity index (χ0n) is 17.8. The second kappa shape index (κ2) is 8.43. The SMILES string of the molecule is CCC[C@]1(C(=O)OCC)N[C@@H](c2ccccc2F)[C@H]2C(=O)N(c3ccc(F)cc3)C(=O)[C@H]21. The molecule has 168 valence electrons. The first-order valence-corrected chi connectivity index (χ1v) is 10.7. The Balaban J connectivity index is 1.87. The molecule has 4 rings (SSSR count). The van der Waals surface area contributed by atoms with Crippen molar-refractivity contribution in [2.75, 3.05) is 11.5 Å². The van der Waals surface area contributed by atoms with Crippen LogP contribution < -0.4 is 10.2 Å². The molecule has 2 aliphatic heterocycles. The van der Waals surface area contributed by atoms with E-state index < -0.39 is 52.8 Å². The van der Waals surface area contributed by atoms with Crippen LogP contribution in [0.15, 0.2) is 48.5 Å². The van der Waals surface area contributed by atoms with Crippen LogP contribution in [0.2, 0.25) is 0 Å². The molecular weight excluding hydrogens is 418 g/mol. The first-order valence-electron chi connectivity index (χ1n) is 10.7. The lowest BCUT2D eigenvalue weighted by Crippen LogP contribution is -2.56. The quantitative estimate of drug-likeness (QED) is 0.547. The van der Waals surface area contributed by atoms with Gasteiger partial charge in [-0.05, 0) is 43.7 Å². The average molecular weight is 442 g/mol. The number of nitrogens with one attached hydrogen (secondary N) is 1. The molecule has 2 amide bonds. The highest BCUT2D eigenvalue weighted by Crippen LogP contribution is 2.52. The van der Waals surface area contributed by atoms with Crippen molar-refractivity contribution in [1.82, 2.24) is 5.32 Å². The number of hydrogen-bond acceptors (Lipinski definition) is 5. The average Bonchev–Trinajstić information content (AvgIpc) is 3.24. The fourth-order valence-corrected chi connectivity index (χ4v) is 5.02. The van der Waals surface area contributed by atoms with Gasteiger partial charge in [-0.15, -0.1) is 0 Å². The van der Waals surface area contributed by atoms with Crippen LogP contribution in [0, 0.1) is 23.5 Å². The number of hydrogen-bond donors (Lipinski definition) is 1. The summed E-state index contributed by atoms with van der Waals surface area (Å²) in [5, 5.41) is 3.15. The van der Waals surface area contributed by atoms with Crippen LogP contribution in [0.25, 0.3) is 0 Å². The molecule has 32 heavy (non-hydrogen) atoms. The van der Waals surface area contributed by atoms with E-state index in [1.165, 1.54) is 30.3 Å². The molecule has 8 heteroatoms. The maximum absolute atomic E-state index is 14.8. The van der Waals surface area contributed by atoms with E-state index in [-0.39, 0.29) is 24.3 Å². The normalized spacial score (nSPS) is 27.0. The van der Waals surface area contributed by atoms with Crippen molar-refractivity contribution in [1.29, 1.82) is 0 Å². The number of amides is 2. The molecule has 2 aliphatic rings. The Bertz CT molecular complexity index is 1060. The van der Waals surface area contributed by atoms with Crippen LogP contribution in [-0.2, 0) is 19.1 Å². The van der Waals surface area contributed by atoms with E-state index in [9.17, 15) is 23.2 Å². The van der Waals surface area contributed by atoms with Crippen molar-refractivity contribution < 1.29 is 27.9 Å². The Morgan fingerprint density at radius 3 is 2.38 bits per heavy atom. The highest BCUT2D eigenvalue weighted by Gasteiger charge is 2.68. The second-order valence-electron chi connectivity index (χ2n) is 8.08. The minimum atomic E-state index is -1.48. The van der Waals surface area contributed by atoms with Crippen LogP contribution in [0.4, 0.5) is 14.5 Å². The number of halogens is 2. The van der Waals surface area contributed by atoms with Crippen molar-refractivity contribution in [3.05, 3.63) is 65.7 Å². The summed E-state index contributed by atoms with van der Waals surface area (Å²) in [6.07, 6.45) is 0.755. The lowest BCUT2D eigenvalue weighted by Gasteiger charge is -2.32. The number of nitrogens with zero attached hydrogens (tertiary/aromatic N) is 1. The van der Waals surface area contributed by atoms with Crippen LogP contribution >= 0.6 is 0 Å². The van der Waals surface area contributed by atoms with Gasteiger partial charge in [-0.2, -0.15) is 0 Å². The summed E-state index contributed by atoms with van der Waals surface area (Å²) >= 11 is 0. The summed E-state index contributed by atoms with van der Waals surface area (Å²) in [5.74, 6) is -4.93. The number of carbonyl (C=O) groups is 3. The van der Waals surface area contributed by atoms with Gasteiger partial charge in [-0.1, -0.05) is 31.5 Å². The fourth-order valence-electron chi connectivity index (χ4n) is 5.02. The summed E-state index contributed by atoms with van der Waals surface area (Å²) in [7, 11) is 0. The summed E-state index contributed by atoms with van der Waals surface area (Å²) in [5.41, 5.74) is -1.08. The molecule has 0 bridgehead atoms. The van der Waals surface area contributed by atoms with E-state index >= 15 is 0 Å². The van der Waals surface area contributed by atoms with E-state index in [0.29, 0.717) is 6.42 Å². The summed E-state index contributed by atoms with van der Waals surface area (Å²) in [4.78, 5) is 41.3. The molecule has 2 aromatic rings. The number of imide groups is 1. The molecule has 2 fully saturated rings. The van der Waals surface area contributed by atoms with Gasteiger partial charge >= 0.3 is 5.97 Å². The summed E-state index contributed by atoms with van der Waals surface area (Å²) < 4.78 is 33.5. The van der Waals surface area contributed by atoms with Gasteiger partial charge in [0.2, 0.25) is 11.8 Å². The van der Waals surface area contributed by atoms with Gasteiger partial charge in [0.25, 0.3) is 0 Å². The maximum Gasteiger partial charge on any atom is 0.327 e. The fraction of sp³-hybridized carbons (Fsp3) is 0.375. The van der Waals surface area contributed by atoms with E-state index in [0.717, 1.165) is 17.0 Å². The van der Waals surface area contributed by atoms with Crippen LogP contribution in [0.5, 0.6) is 0 Å². The number of fused-ring (bicyclic) bond motifs is 1. The van der Waals surface area contributed by atoms with Crippen molar-refractivity contribution >= 4 is 23.5 Å². The number of ether oxygens (including phenoxy) is 1. The minimum absolute atomic E-state index is 0.0948. The molecule has 2 heterocycles. The van der Waals surface area contributed by atoms with E-state index in [2.05, 4.69) is 5.32 Å². The highest BCUT2D eigenvalue weighted by atomic mass is 19.1. The summed E-state index contributed by atoms with van der Waals surface area (Å²) in [6.45, 7) is 3.61. The van der Waals surface area contributed by atoms with Crippen molar-refractivity contribution in [3.8, 4) is 0 Å². The third kappa shape index (κ3) is 3.30. The van der Waals surface area contributed by atoms with Gasteiger partial charge in [0.05, 0.1) is 24.1 Å². The van der Waals surface area contributed by atoms with Crippen molar-refractivity contribution in [3.63, 3.8) is 0 Å². The maximum atomic E-state index is 14.8. The van der Waals surface area contributed by atoms with E-state index in [1.807, 2.05) is 6.92 Å². The zero-order chi connectivity index (χ0) is 23.0. The van der Waals surface area contributed by atoms with E-state index in [4.69, 9.17) is 4.74 Å². The number of rotatable bonds is 6. The van der Waals surface area contributed by atoms with Crippen molar-refractivity contribution in [2.24, 2.45) is 11.8 Å². The lowest BCUT2D eigenvalue weighted by molar-refractivity contribution is -0.155. The lowest BCUT2D eigenvalue weighted by atomic mass is 9.77. The van der Waals surface area contributed by atoms with Crippen LogP contribution in [0.3, 0.4) is 0 Å². The Morgan fingerprint density at radius 1 is 1.06 bits per heavy atom. The van der Waals surface area contributed by atoms with Crippen LogP contribution in [0.1, 0.15) is 38.3 Å². The monoisotopic (exact) mass is 442 g/mol. The van der Waals surface area contributed by atoms with Crippen LogP contribution in [-0.4, -0.2) is 29.9 Å². The Labute approximate surface area is 184 Å². The summed E-state index contributed by atoms with van der Waals surface area (Å²) in [6, 6.07) is 10.1. The topological polar surface area (TPSA) is 75.7 Å². The highest BCUT2D eigenvalue weighted by molar-refractivity contribution is 6.24. The van der Waals surface area contributed by atoms with Crippen molar-refractivity contribution in [2.45, 2.75) is 38.3 Å². The number of anilines is 1. The third-order valence-corrected chi connectivity index (χ3v) is 6.26.